The highest BCUT2D eigenvalue weighted by Gasteiger charge is 2.26. The Hall–Kier alpha value is -3.48. The van der Waals surface area contributed by atoms with Crippen molar-refractivity contribution < 1.29 is 19.4 Å². The monoisotopic (exact) mass is 424 g/mol. The topological polar surface area (TPSA) is 97.7 Å². The molecule has 2 aromatic heterocycles. The van der Waals surface area contributed by atoms with Crippen LogP contribution in [0.2, 0.25) is 0 Å². The van der Waals surface area contributed by atoms with Gasteiger partial charge in [-0.25, -0.2) is 0 Å². The lowest BCUT2D eigenvalue weighted by atomic mass is 9.96. The Morgan fingerprint density at radius 3 is 2.23 bits per heavy atom. The van der Waals surface area contributed by atoms with Crippen molar-refractivity contribution in [2.75, 3.05) is 7.11 Å². The molecule has 0 amide bonds. The van der Waals surface area contributed by atoms with Crippen LogP contribution < -0.4 is 10.2 Å². The van der Waals surface area contributed by atoms with Crippen LogP contribution in [0.15, 0.2) is 44.9 Å². The first kappa shape index (κ1) is 22.2. The Balaban J connectivity index is 2.46. The molecule has 2 heterocycles. The van der Waals surface area contributed by atoms with Gasteiger partial charge in [0.1, 0.15) is 22.5 Å². The molecule has 0 aliphatic rings. The molecule has 0 atom stereocenters. The van der Waals surface area contributed by atoms with E-state index < -0.39 is 5.43 Å². The van der Waals surface area contributed by atoms with Crippen LogP contribution in [0.3, 0.4) is 0 Å². The molecule has 0 radical (unpaired) electrons. The molecule has 3 rings (SSSR count). The summed E-state index contributed by atoms with van der Waals surface area (Å²) in [4.78, 5) is 13.4. The van der Waals surface area contributed by atoms with Gasteiger partial charge >= 0.3 is 0 Å². The lowest BCUT2D eigenvalue weighted by molar-refractivity contribution is 0.396. The Morgan fingerprint density at radius 2 is 1.71 bits per heavy atom. The first-order chi connectivity index (χ1) is 14.6. The van der Waals surface area contributed by atoms with Crippen LogP contribution in [0.5, 0.6) is 17.2 Å². The predicted octanol–water partition coefficient (Wildman–Crippen LogP) is 4.63. The van der Waals surface area contributed by atoms with Gasteiger partial charge < -0.3 is 19.4 Å². The van der Waals surface area contributed by atoms with E-state index in [2.05, 4.69) is 5.10 Å². The number of allylic oxidation sites excluding steroid dienone is 4. The third-order valence-corrected chi connectivity index (χ3v) is 5.04. The fraction of sp³-hybridized carbons (Fsp3) is 0.333. The fourth-order valence-corrected chi connectivity index (χ4v) is 3.41. The minimum Gasteiger partial charge on any atom is -0.507 e. The van der Waals surface area contributed by atoms with E-state index in [4.69, 9.17) is 9.15 Å². The SMILES string of the molecule is COc1c(-c2cnn(C)c2)oc2c(CC=C(C)C)c(O)c(CC=C(C)C)c(O)c2c1=O. The Bertz CT molecular complexity index is 1250. The number of aromatic nitrogens is 2. The van der Waals surface area contributed by atoms with Crippen LogP contribution in [-0.4, -0.2) is 27.1 Å². The molecule has 31 heavy (non-hydrogen) atoms. The van der Waals surface area contributed by atoms with E-state index in [-0.39, 0.29) is 46.0 Å². The van der Waals surface area contributed by atoms with Crippen LogP contribution in [-0.2, 0) is 19.9 Å². The summed E-state index contributed by atoms with van der Waals surface area (Å²) in [6.07, 6.45) is 7.70. The zero-order valence-corrected chi connectivity index (χ0v) is 18.7. The van der Waals surface area contributed by atoms with Crippen LogP contribution in [0.1, 0.15) is 38.8 Å². The molecule has 3 aromatic rings. The molecule has 0 spiro atoms. The first-order valence-corrected chi connectivity index (χ1v) is 10.0. The van der Waals surface area contributed by atoms with Crippen LogP contribution in [0.4, 0.5) is 0 Å². The highest BCUT2D eigenvalue weighted by atomic mass is 16.5. The summed E-state index contributed by atoms with van der Waals surface area (Å²) in [6, 6.07) is 0. The Labute approximate surface area is 180 Å². The van der Waals surface area contributed by atoms with Crippen LogP contribution in [0, 0.1) is 0 Å². The van der Waals surface area contributed by atoms with Gasteiger partial charge in [0.2, 0.25) is 11.2 Å². The lowest BCUT2D eigenvalue weighted by Gasteiger charge is -2.16. The van der Waals surface area contributed by atoms with Gasteiger partial charge in [0.25, 0.3) is 0 Å². The van der Waals surface area contributed by atoms with E-state index in [9.17, 15) is 15.0 Å². The lowest BCUT2D eigenvalue weighted by Crippen LogP contribution is -2.10. The maximum atomic E-state index is 13.4. The quantitative estimate of drug-likeness (QED) is 0.560. The number of methoxy groups -OCH3 is 1. The molecular formula is C24H28N2O5. The maximum absolute atomic E-state index is 13.4. The smallest absolute Gasteiger partial charge is 0.239 e. The maximum Gasteiger partial charge on any atom is 0.239 e. The average molecular weight is 424 g/mol. The number of fused-ring (bicyclic) bond motifs is 1. The molecule has 1 aromatic carbocycles. The highest BCUT2D eigenvalue weighted by Crippen LogP contribution is 2.42. The van der Waals surface area contributed by atoms with E-state index >= 15 is 0 Å². The van der Waals surface area contributed by atoms with Crippen molar-refractivity contribution in [2.24, 2.45) is 7.05 Å². The summed E-state index contributed by atoms with van der Waals surface area (Å²) in [5.74, 6) is -0.202. The molecule has 0 saturated heterocycles. The number of nitrogens with zero attached hydrogens (tertiary/aromatic N) is 2. The van der Waals surface area contributed by atoms with Crippen molar-refractivity contribution in [3.8, 4) is 28.6 Å². The number of ether oxygens (including phenoxy) is 1. The second-order valence-corrected chi connectivity index (χ2v) is 8.03. The van der Waals surface area contributed by atoms with Crippen LogP contribution in [0.25, 0.3) is 22.3 Å². The standard InChI is InChI=1S/C24H28N2O5/c1-13(2)7-9-16-19(27)17(10-8-14(3)4)23-18(20(16)28)21(29)24(30-6)22(31-23)15-11-25-26(5)12-15/h7-8,11-12,27-28H,9-10H2,1-6H3. The largest absolute Gasteiger partial charge is 0.507 e. The Morgan fingerprint density at radius 1 is 1.10 bits per heavy atom. The van der Waals surface area contributed by atoms with E-state index in [0.29, 0.717) is 17.5 Å². The summed E-state index contributed by atoms with van der Waals surface area (Å²) in [5.41, 5.74) is 3.00. The number of phenolic OH excluding ortho intramolecular Hbond substituents is 2. The highest BCUT2D eigenvalue weighted by molar-refractivity contribution is 5.93. The molecule has 7 heteroatoms. The number of hydrogen-bond donors (Lipinski definition) is 2. The average Bonchev–Trinajstić information content (AvgIpc) is 3.12. The molecule has 0 aliphatic heterocycles. The number of rotatable bonds is 6. The molecule has 0 aliphatic carbocycles. The number of benzene rings is 1. The number of aryl methyl sites for hydroxylation is 1. The van der Waals surface area contributed by atoms with Gasteiger partial charge in [-0.2, -0.15) is 5.10 Å². The molecule has 0 saturated carbocycles. The molecule has 0 bridgehead atoms. The number of phenols is 2. The van der Waals surface area contributed by atoms with Crippen molar-refractivity contribution in [3.05, 3.63) is 57.0 Å². The number of hydrogen-bond acceptors (Lipinski definition) is 6. The minimum atomic E-state index is -0.503. The van der Waals surface area contributed by atoms with E-state index in [1.807, 2.05) is 39.8 Å². The number of aromatic hydroxyl groups is 2. The zero-order valence-electron chi connectivity index (χ0n) is 18.7. The second-order valence-electron chi connectivity index (χ2n) is 8.03. The Kier molecular flexibility index (Phi) is 6.24. The zero-order chi connectivity index (χ0) is 22.9. The van der Waals surface area contributed by atoms with E-state index in [0.717, 1.165) is 11.1 Å². The third kappa shape index (κ3) is 4.21. The van der Waals surface area contributed by atoms with E-state index in [1.54, 1.807) is 24.1 Å². The summed E-state index contributed by atoms with van der Waals surface area (Å²) in [6.45, 7) is 7.75. The first-order valence-electron chi connectivity index (χ1n) is 10.0. The predicted molar refractivity (Wildman–Crippen MR) is 121 cm³/mol. The van der Waals surface area contributed by atoms with Crippen molar-refractivity contribution in [3.63, 3.8) is 0 Å². The molecule has 2 N–H and O–H groups in total. The normalized spacial score (nSPS) is 10.9. The third-order valence-electron chi connectivity index (χ3n) is 5.04. The van der Waals surface area contributed by atoms with Gasteiger partial charge in [-0.05, 0) is 40.5 Å². The van der Waals surface area contributed by atoms with Gasteiger partial charge in [0.15, 0.2) is 5.76 Å². The van der Waals surface area contributed by atoms with Gasteiger partial charge in [0.05, 0.1) is 18.9 Å². The molecule has 0 fully saturated rings. The van der Waals surface area contributed by atoms with Crippen LogP contribution >= 0.6 is 0 Å². The summed E-state index contributed by atoms with van der Waals surface area (Å²) in [5, 5.41) is 26.2. The minimum absolute atomic E-state index is 0.00315. The van der Waals surface area contributed by atoms with Crippen molar-refractivity contribution in [2.45, 2.75) is 40.5 Å². The molecule has 0 unspecified atom stereocenters. The van der Waals surface area contributed by atoms with Gasteiger partial charge in [0, 0.05) is 24.4 Å². The van der Waals surface area contributed by atoms with Gasteiger partial charge in [-0.15, -0.1) is 0 Å². The fourth-order valence-electron chi connectivity index (χ4n) is 3.41. The van der Waals surface area contributed by atoms with E-state index in [1.165, 1.54) is 7.11 Å². The van der Waals surface area contributed by atoms with Gasteiger partial charge in [-0.3, -0.25) is 9.48 Å². The summed E-state index contributed by atoms with van der Waals surface area (Å²) >= 11 is 0. The van der Waals surface area contributed by atoms with Crippen molar-refractivity contribution in [1.82, 2.24) is 9.78 Å². The van der Waals surface area contributed by atoms with Crippen molar-refractivity contribution in [1.29, 1.82) is 0 Å². The second kappa shape index (κ2) is 8.71. The van der Waals surface area contributed by atoms with Crippen molar-refractivity contribution >= 4 is 11.0 Å². The molecule has 164 valence electrons. The summed E-state index contributed by atoms with van der Waals surface area (Å²) < 4.78 is 13.1. The van der Waals surface area contributed by atoms with Gasteiger partial charge in [-0.1, -0.05) is 23.3 Å². The summed E-state index contributed by atoms with van der Waals surface area (Å²) in [7, 11) is 3.13. The molecular weight excluding hydrogens is 396 g/mol. The molecule has 7 nitrogen and oxygen atoms in total.